The third kappa shape index (κ3) is 2.19. The summed E-state index contributed by atoms with van der Waals surface area (Å²) in [4.78, 5) is 38.5. The number of benzene rings is 1. The average Bonchev–Trinajstić information content (AvgIpc) is 3.23. The topological polar surface area (TPSA) is 66.5 Å². The minimum atomic E-state index is -0.178. The Balaban J connectivity index is 1.53. The molecule has 0 aromatic heterocycles. The van der Waals surface area contributed by atoms with Crippen molar-refractivity contribution < 1.29 is 14.4 Å². The lowest BCUT2D eigenvalue weighted by molar-refractivity contribution is -0.123. The van der Waals surface area contributed by atoms with Crippen LogP contribution in [0.15, 0.2) is 36.4 Å². The zero-order chi connectivity index (χ0) is 16.8. The molecule has 2 bridgehead atoms. The van der Waals surface area contributed by atoms with Gasteiger partial charge in [0.15, 0.2) is 0 Å². The number of allylic oxidation sites excluding steroid dienone is 2. The van der Waals surface area contributed by atoms with Gasteiger partial charge in [0.25, 0.3) is 0 Å². The van der Waals surface area contributed by atoms with Crippen LogP contribution < -0.4 is 10.2 Å². The van der Waals surface area contributed by atoms with E-state index in [4.69, 9.17) is 0 Å². The van der Waals surface area contributed by atoms with Gasteiger partial charge in [-0.1, -0.05) is 24.3 Å². The number of nitrogens with zero attached hydrogens (tertiary/aromatic N) is 1. The summed E-state index contributed by atoms with van der Waals surface area (Å²) in [5, 5.41) is 2.76. The van der Waals surface area contributed by atoms with E-state index in [0.717, 1.165) is 12.0 Å². The first-order chi connectivity index (χ1) is 11.6. The Morgan fingerprint density at radius 3 is 2.21 bits per heavy atom. The van der Waals surface area contributed by atoms with Gasteiger partial charge in [0.2, 0.25) is 17.7 Å². The number of hydrogen-bond acceptors (Lipinski definition) is 3. The highest BCUT2D eigenvalue weighted by Gasteiger charge is 2.59. The summed E-state index contributed by atoms with van der Waals surface area (Å²) < 4.78 is 0. The molecular weight excluding hydrogens is 304 g/mol. The molecule has 3 aliphatic rings. The second kappa shape index (κ2) is 5.58. The van der Waals surface area contributed by atoms with Crippen molar-refractivity contribution >= 4 is 23.4 Å². The molecule has 4 unspecified atom stereocenters. The molecule has 1 heterocycles. The zero-order valence-corrected chi connectivity index (χ0v) is 13.6. The van der Waals surface area contributed by atoms with Crippen molar-refractivity contribution in [2.24, 2.45) is 23.7 Å². The summed E-state index contributed by atoms with van der Waals surface area (Å²) in [6, 6.07) is 7.15. The van der Waals surface area contributed by atoms with Crippen molar-refractivity contribution in [2.45, 2.75) is 19.8 Å². The van der Waals surface area contributed by atoms with Crippen LogP contribution in [0.25, 0.3) is 0 Å². The van der Waals surface area contributed by atoms with Crippen LogP contribution in [0, 0.1) is 23.7 Å². The van der Waals surface area contributed by atoms with E-state index < -0.39 is 0 Å². The van der Waals surface area contributed by atoms with E-state index in [9.17, 15) is 14.4 Å². The third-order valence-electron chi connectivity index (χ3n) is 5.40. The fourth-order valence-corrected chi connectivity index (χ4v) is 4.36. The molecule has 2 aliphatic carbocycles. The maximum Gasteiger partial charge on any atom is 0.238 e. The minimum Gasteiger partial charge on any atom is -0.356 e. The molecule has 1 aromatic carbocycles. The highest BCUT2D eigenvalue weighted by molar-refractivity contribution is 6.22. The number of carbonyl (C=O) groups is 3. The summed E-state index contributed by atoms with van der Waals surface area (Å²) in [6.07, 6.45) is 5.42. The zero-order valence-electron chi connectivity index (χ0n) is 13.6. The van der Waals surface area contributed by atoms with Gasteiger partial charge in [-0.2, -0.15) is 0 Å². The number of likely N-dealkylation sites (N-methyl/N-ethyl adjacent to an activating group) is 1. The lowest BCUT2D eigenvalue weighted by Crippen LogP contribution is -2.32. The van der Waals surface area contributed by atoms with Crippen LogP contribution in [0.3, 0.4) is 0 Å². The van der Waals surface area contributed by atoms with E-state index in [2.05, 4.69) is 17.5 Å². The van der Waals surface area contributed by atoms with Crippen molar-refractivity contribution in [3.8, 4) is 0 Å². The third-order valence-corrected chi connectivity index (χ3v) is 5.40. The number of hydrogen-bond donors (Lipinski definition) is 1. The second-order valence-electron chi connectivity index (χ2n) is 6.81. The quantitative estimate of drug-likeness (QED) is 0.677. The molecule has 124 valence electrons. The number of fused-ring (bicyclic) bond motifs is 5. The van der Waals surface area contributed by atoms with E-state index in [-0.39, 0.29) is 41.4 Å². The molecule has 24 heavy (non-hydrogen) atoms. The predicted octanol–water partition coefficient (Wildman–Crippen LogP) is 1.68. The monoisotopic (exact) mass is 324 g/mol. The van der Waals surface area contributed by atoms with Gasteiger partial charge in [-0.05, 0) is 42.9 Å². The van der Waals surface area contributed by atoms with Crippen LogP contribution in [0.1, 0.15) is 18.9 Å². The summed E-state index contributed by atoms with van der Waals surface area (Å²) >= 11 is 0. The summed E-state index contributed by atoms with van der Waals surface area (Å²) in [5.41, 5.74) is 1.48. The number of carbonyl (C=O) groups excluding carboxylic acids is 3. The van der Waals surface area contributed by atoms with Crippen LogP contribution in [0.2, 0.25) is 0 Å². The molecule has 1 aromatic rings. The Morgan fingerprint density at radius 2 is 1.67 bits per heavy atom. The highest BCUT2D eigenvalue weighted by atomic mass is 16.2. The Bertz CT molecular complexity index is 707. The smallest absolute Gasteiger partial charge is 0.238 e. The molecule has 5 heteroatoms. The molecule has 1 saturated heterocycles. The fraction of sp³-hybridized carbons (Fsp3) is 0.421. The normalized spacial score (nSPS) is 30.1. The van der Waals surface area contributed by atoms with Gasteiger partial charge in [-0.25, -0.2) is 0 Å². The van der Waals surface area contributed by atoms with Gasteiger partial charge in [-0.15, -0.1) is 0 Å². The first-order valence-corrected chi connectivity index (χ1v) is 8.52. The molecule has 1 saturated carbocycles. The van der Waals surface area contributed by atoms with E-state index in [1.54, 1.807) is 12.1 Å². The summed E-state index contributed by atoms with van der Waals surface area (Å²) in [5.74, 6) is -0.0886. The number of nitrogens with one attached hydrogen (secondary N) is 1. The average molecular weight is 324 g/mol. The molecule has 4 rings (SSSR count). The molecule has 2 fully saturated rings. The Hall–Kier alpha value is -2.43. The van der Waals surface area contributed by atoms with E-state index >= 15 is 0 Å². The van der Waals surface area contributed by atoms with Gasteiger partial charge in [0.1, 0.15) is 0 Å². The summed E-state index contributed by atoms with van der Waals surface area (Å²) in [7, 11) is 0. The van der Waals surface area contributed by atoms with E-state index in [1.807, 2.05) is 19.1 Å². The van der Waals surface area contributed by atoms with Crippen molar-refractivity contribution in [3.05, 3.63) is 42.0 Å². The number of rotatable bonds is 4. The second-order valence-corrected chi connectivity index (χ2v) is 6.81. The van der Waals surface area contributed by atoms with Gasteiger partial charge in [-0.3, -0.25) is 19.3 Å². The lowest BCUT2D eigenvalue weighted by Gasteiger charge is -2.17. The lowest BCUT2D eigenvalue weighted by atomic mass is 9.85. The molecule has 1 N–H and O–H groups in total. The van der Waals surface area contributed by atoms with Crippen molar-refractivity contribution in [2.75, 3.05) is 11.4 Å². The molecule has 0 spiro atoms. The van der Waals surface area contributed by atoms with Crippen LogP contribution in [-0.4, -0.2) is 24.3 Å². The minimum absolute atomic E-state index is 0.0317. The van der Waals surface area contributed by atoms with Crippen molar-refractivity contribution in [3.63, 3.8) is 0 Å². The van der Waals surface area contributed by atoms with Crippen LogP contribution in [0.5, 0.6) is 0 Å². The largest absolute Gasteiger partial charge is 0.356 e. The molecule has 5 nitrogen and oxygen atoms in total. The SMILES string of the molecule is CCNC(=O)Cc1ccc(N2C(=O)C3C4C=CC(C4)C3C2=O)cc1. The molecular formula is C19H20N2O3. The number of imide groups is 1. The maximum atomic E-state index is 12.7. The van der Waals surface area contributed by atoms with Gasteiger partial charge in [0, 0.05) is 6.54 Å². The van der Waals surface area contributed by atoms with Crippen LogP contribution >= 0.6 is 0 Å². The first kappa shape index (κ1) is 15.1. The van der Waals surface area contributed by atoms with Crippen LogP contribution in [0.4, 0.5) is 5.69 Å². The van der Waals surface area contributed by atoms with E-state index in [1.165, 1.54) is 4.90 Å². The first-order valence-electron chi connectivity index (χ1n) is 8.52. The van der Waals surface area contributed by atoms with Gasteiger partial charge >= 0.3 is 0 Å². The Labute approximate surface area is 140 Å². The maximum absolute atomic E-state index is 12.7. The number of anilines is 1. The fourth-order valence-electron chi connectivity index (χ4n) is 4.36. The predicted molar refractivity (Wildman–Crippen MR) is 89.0 cm³/mol. The van der Waals surface area contributed by atoms with Crippen molar-refractivity contribution in [1.29, 1.82) is 0 Å². The molecule has 4 atom stereocenters. The number of amides is 3. The Morgan fingerprint density at radius 1 is 1.08 bits per heavy atom. The Kier molecular flexibility index (Phi) is 3.52. The standard InChI is InChI=1S/C19H20N2O3/c1-2-20-15(22)9-11-3-7-14(8-4-11)21-18(23)16-12-5-6-13(10-12)17(16)19(21)24/h3-8,12-13,16-17H,2,9-10H2,1H3,(H,20,22). The van der Waals surface area contributed by atoms with Crippen molar-refractivity contribution in [1.82, 2.24) is 5.32 Å². The summed E-state index contributed by atoms with van der Waals surface area (Å²) in [6.45, 7) is 2.48. The van der Waals surface area contributed by atoms with Crippen LogP contribution in [-0.2, 0) is 20.8 Å². The van der Waals surface area contributed by atoms with E-state index in [0.29, 0.717) is 18.7 Å². The molecule has 0 radical (unpaired) electrons. The highest BCUT2D eigenvalue weighted by Crippen LogP contribution is 2.53. The molecule has 3 amide bonds. The van der Waals surface area contributed by atoms with Gasteiger partial charge in [0.05, 0.1) is 23.9 Å². The molecule has 1 aliphatic heterocycles. The van der Waals surface area contributed by atoms with Gasteiger partial charge < -0.3 is 5.32 Å².